The topological polar surface area (TPSA) is 96.4 Å². The fourth-order valence-electron chi connectivity index (χ4n) is 1.44. The van der Waals surface area contributed by atoms with Crippen molar-refractivity contribution in [2.45, 2.75) is 18.0 Å². The molecule has 8 heteroatoms. The predicted octanol–water partition coefficient (Wildman–Crippen LogP) is 1.56. The van der Waals surface area contributed by atoms with Gasteiger partial charge >= 0.3 is 5.97 Å². The Bertz CT molecular complexity index is 710. The maximum Gasteiger partial charge on any atom is 0.321 e. The molecule has 0 aliphatic rings. The number of carbonyl (C=O) groups is 1. The van der Waals surface area contributed by atoms with Crippen LogP contribution in [0.15, 0.2) is 40.7 Å². The first-order chi connectivity index (χ1) is 9.40. The van der Waals surface area contributed by atoms with Gasteiger partial charge in [0.1, 0.15) is 11.0 Å². The third-order valence-corrected chi connectivity index (χ3v) is 4.95. The predicted molar refractivity (Wildman–Crippen MR) is 75.0 cm³/mol. The normalized spacial score (nSPS) is 13.1. The van der Waals surface area contributed by atoms with Crippen LogP contribution in [0.4, 0.5) is 0 Å². The highest BCUT2D eigenvalue weighted by atomic mass is 32.2. The zero-order valence-electron chi connectivity index (χ0n) is 10.5. The van der Waals surface area contributed by atoms with Gasteiger partial charge in [-0.15, -0.1) is 11.3 Å². The molecule has 0 saturated heterocycles. The molecule has 0 unspecified atom stereocenters. The third kappa shape index (κ3) is 3.21. The number of hydrogen-bond acceptors (Lipinski definition) is 5. The summed E-state index contributed by atoms with van der Waals surface area (Å²) >= 11 is 1.19. The molecule has 1 heterocycles. The minimum absolute atomic E-state index is 0.172. The Labute approximate surface area is 120 Å². The van der Waals surface area contributed by atoms with Gasteiger partial charge in [0, 0.05) is 10.9 Å². The molecule has 0 spiro atoms. The van der Waals surface area contributed by atoms with Gasteiger partial charge in [0.05, 0.1) is 0 Å². The number of benzene rings is 1. The second-order valence-electron chi connectivity index (χ2n) is 4.04. The lowest BCUT2D eigenvalue weighted by atomic mass is 10.2. The average Bonchev–Trinajstić information content (AvgIpc) is 2.89. The number of hydrogen-bond donors (Lipinski definition) is 2. The maximum atomic E-state index is 12.0. The number of rotatable bonds is 5. The smallest absolute Gasteiger partial charge is 0.321 e. The van der Waals surface area contributed by atoms with E-state index in [4.69, 9.17) is 5.11 Å². The fourth-order valence-corrected chi connectivity index (χ4v) is 3.73. The van der Waals surface area contributed by atoms with Crippen molar-refractivity contribution in [2.75, 3.05) is 0 Å². The molecule has 0 radical (unpaired) electrons. The number of carboxylic acids is 1. The van der Waals surface area contributed by atoms with Gasteiger partial charge in [0.2, 0.25) is 0 Å². The van der Waals surface area contributed by atoms with Crippen molar-refractivity contribution in [3.05, 3.63) is 35.7 Å². The monoisotopic (exact) mass is 312 g/mol. The molecule has 0 amide bonds. The van der Waals surface area contributed by atoms with Crippen LogP contribution < -0.4 is 4.72 Å². The molecule has 1 aromatic carbocycles. The van der Waals surface area contributed by atoms with Crippen molar-refractivity contribution >= 4 is 27.3 Å². The van der Waals surface area contributed by atoms with Gasteiger partial charge in [-0.05, 0) is 6.92 Å². The third-order valence-electron chi connectivity index (χ3n) is 2.48. The lowest BCUT2D eigenvalue weighted by Crippen LogP contribution is -2.38. The van der Waals surface area contributed by atoms with E-state index < -0.39 is 22.0 Å². The molecule has 0 fully saturated rings. The van der Waals surface area contributed by atoms with E-state index in [9.17, 15) is 13.2 Å². The van der Waals surface area contributed by atoms with E-state index in [1.165, 1.54) is 23.6 Å². The van der Waals surface area contributed by atoms with Gasteiger partial charge in [0.25, 0.3) is 10.0 Å². The van der Waals surface area contributed by atoms with Gasteiger partial charge in [-0.3, -0.25) is 4.79 Å². The van der Waals surface area contributed by atoms with Gasteiger partial charge in [-0.1, -0.05) is 30.3 Å². The number of aliphatic carboxylic acids is 1. The van der Waals surface area contributed by atoms with Crippen LogP contribution in [-0.2, 0) is 14.8 Å². The van der Waals surface area contributed by atoms with Crippen molar-refractivity contribution in [1.82, 2.24) is 9.71 Å². The number of carboxylic acid groups (broad SMARTS) is 1. The zero-order valence-corrected chi connectivity index (χ0v) is 12.1. The largest absolute Gasteiger partial charge is 0.480 e. The molecule has 0 aliphatic carbocycles. The van der Waals surface area contributed by atoms with E-state index in [1.807, 2.05) is 30.3 Å². The second kappa shape index (κ2) is 5.70. The molecular formula is C12H12N2O4S2. The van der Waals surface area contributed by atoms with E-state index in [0.29, 0.717) is 5.01 Å². The summed E-state index contributed by atoms with van der Waals surface area (Å²) < 4.78 is 26.0. The SMILES string of the molecule is C[C@@H](NS(=O)(=O)c1csc(-c2ccccc2)n1)C(=O)O. The maximum absolute atomic E-state index is 12.0. The number of nitrogens with one attached hydrogen (secondary N) is 1. The van der Waals surface area contributed by atoms with Crippen LogP contribution in [0.1, 0.15) is 6.92 Å². The quantitative estimate of drug-likeness (QED) is 0.873. The molecule has 106 valence electrons. The summed E-state index contributed by atoms with van der Waals surface area (Å²) in [6, 6.07) is 7.95. The highest BCUT2D eigenvalue weighted by Gasteiger charge is 2.24. The Morgan fingerprint density at radius 3 is 2.60 bits per heavy atom. The minimum atomic E-state index is -3.92. The van der Waals surface area contributed by atoms with Crippen molar-refractivity contribution in [1.29, 1.82) is 0 Å². The highest BCUT2D eigenvalue weighted by Crippen LogP contribution is 2.25. The Hall–Kier alpha value is -1.77. The minimum Gasteiger partial charge on any atom is -0.480 e. The molecule has 6 nitrogen and oxygen atoms in total. The Morgan fingerprint density at radius 1 is 1.35 bits per heavy atom. The number of nitrogens with zero attached hydrogens (tertiary/aromatic N) is 1. The van der Waals surface area contributed by atoms with Gasteiger partial charge in [-0.25, -0.2) is 13.4 Å². The lowest BCUT2D eigenvalue weighted by molar-refractivity contribution is -0.138. The molecule has 0 saturated carbocycles. The highest BCUT2D eigenvalue weighted by molar-refractivity contribution is 7.89. The number of sulfonamides is 1. The lowest BCUT2D eigenvalue weighted by Gasteiger charge is -2.07. The molecule has 2 aromatic rings. The summed E-state index contributed by atoms with van der Waals surface area (Å²) in [5.74, 6) is -1.24. The first kappa shape index (κ1) is 14.6. The molecule has 1 aromatic heterocycles. The molecule has 2 N–H and O–H groups in total. The second-order valence-corrected chi connectivity index (χ2v) is 6.56. The Kier molecular flexibility index (Phi) is 4.17. The van der Waals surface area contributed by atoms with Crippen LogP contribution in [0, 0.1) is 0 Å². The van der Waals surface area contributed by atoms with Crippen molar-refractivity contribution in [3.8, 4) is 10.6 Å². The molecular weight excluding hydrogens is 300 g/mol. The van der Waals surface area contributed by atoms with Crippen LogP contribution in [-0.4, -0.2) is 30.5 Å². The fraction of sp³-hybridized carbons (Fsp3) is 0.167. The first-order valence-electron chi connectivity index (χ1n) is 5.66. The van der Waals surface area contributed by atoms with Gasteiger partial charge in [-0.2, -0.15) is 4.72 Å². The van der Waals surface area contributed by atoms with Crippen LogP contribution in [0.2, 0.25) is 0 Å². The number of thiazole rings is 1. The van der Waals surface area contributed by atoms with Crippen molar-refractivity contribution in [3.63, 3.8) is 0 Å². The van der Waals surface area contributed by atoms with Crippen LogP contribution in [0.3, 0.4) is 0 Å². The Morgan fingerprint density at radius 2 is 2.00 bits per heavy atom. The van der Waals surface area contributed by atoms with Gasteiger partial charge < -0.3 is 5.11 Å². The van der Waals surface area contributed by atoms with Crippen LogP contribution >= 0.6 is 11.3 Å². The van der Waals surface area contributed by atoms with Crippen LogP contribution in [0.5, 0.6) is 0 Å². The first-order valence-corrected chi connectivity index (χ1v) is 8.02. The zero-order chi connectivity index (χ0) is 14.8. The summed E-state index contributed by atoms with van der Waals surface area (Å²) in [7, 11) is -3.92. The van der Waals surface area contributed by atoms with Crippen molar-refractivity contribution < 1.29 is 18.3 Å². The van der Waals surface area contributed by atoms with E-state index in [0.717, 1.165) is 5.56 Å². The van der Waals surface area contributed by atoms with E-state index in [2.05, 4.69) is 9.71 Å². The molecule has 20 heavy (non-hydrogen) atoms. The van der Waals surface area contributed by atoms with Gasteiger partial charge in [0.15, 0.2) is 5.03 Å². The van der Waals surface area contributed by atoms with E-state index >= 15 is 0 Å². The average molecular weight is 312 g/mol. The van der Waals surface area contributed by atoms with E-state index in [-0.39, 0.29) is 5.03 Å². The van der Waals surface area contributed by atoms with Crippen LogP contribution in [0.25, 0.3) is 10.6 Å². The molecule has 1 atom stereocenters. The standard InChI is InChI=1S/C12H12N2O4S2/c1-8(12(15)16)14-20(17,18)10-7-19-11(13-10)9-5-3-2-4-6-9/h2-8,14H,1H3,(H,15,16)/t8-/m1/s1. The molecule has 0 bridgehead atoms. The Balaban J connectivity index is 2.27. The number of aromatic nitrogens is 1. The summed E-state index contributed by atoms with van der Waals surface area (Å²) in [6.07, 6.45) is 0. The molecule has 0 aliphatic heterocycles. The summed E-state index contributed by atoms with van der Waals surface area (Å²) in [5.41, 5.74) is 0.810. The summed E-state index contributed by atoms with van der Waals surface area (Å²) in [6.45, 7) is 1.25. The summed E-state index contributed by atoms with van der Waals surface area (Å²) in [5, 5.41) is 10.5. The van der Waals surface area contributed by atoms with Crippen molar-refractivity contribution in [2.24, 2.45) is 0 Å². The summed E-state index contributed by atoms with van der Waals surface area (Å²) in [4.78, 5) is 14.7. The van der Waals surface area contributed by atoms with E-state index in [1.54, 1.807) is 0 Å². The molecule has 2 rings (SSSR count).